The highest BCUT2D eigenvalue weighted by Gasteiger charge is 2.33. The van der Waals surface area contributed by atoms with E-state index in [9.17, 15) is 31.5 Å². The Morgan fingerprint density at radius 2 is 1.66 bits per heavy atom. The van der Waals surface area contributed by atoms with E-state index in [2.05, 4.69) is 20.6 Å². The van der Waals surface area contributed by atoms with Crippen molar-refractivity contribution in [2.45, 2.75) is 6.18 Å². The van der Waals surface area contributed by atoms with Gasteiger partial charge in [0.05, 0.1) is 46.6 Å². The smallest absolute Gasteiger partial charge is 0.378 e. The van der Waals surface area contributed by atoms with E-state index in [1.807, 2.05) is 4.90 Å². The molecule has 1 aliphatic rings. The Bertz CT molecular complexity index is 1660. The molecule has 5 rings (SSSR count). The van der Waals surface area contributed by atoms with Crippen molar-refractivity contribution in [1.29, 1.82) is 0 Å². The molecule has 41 heavy (non-hydrogen) atoms. The fourth-order valence-electron chi connectivity index (χ4n) is 4.18. The van der Waals surface area contributed by atoms with E-state index in [4.69, 9.17) is 16.3 Å². The summed E-state index contributed by atoms with van der Waals surface area (Å²) in [6, 6.07) is 7.49. The van der Waals surface area contributed by atoms with Crippen molar-refractivity contribution in [2.75, 3.05) is 41.8 Å². The van der Waals surface area contributed by atoms with Crippen LogP contribution >= 0.6 is 11.6 Å². The van der Waals surface area contributed by atoms with Gasteiger partial charge in [0.15, 0.2) is 17.4 Å². The van der Waals surface area contributed by atoms with E-state index in [1.54, 1.807) is 6.20 Å². The number of nitrogens with one attached hydrogen (secondary N) is 2. The Kier molecular flexibility index (Phi) is 7.74. The zero-order valence-electron chi connectivity index (χ0n) is 20.9. The first kappa shape index (κ1) is 28.2. The van der Waals surface area contributed by atoms with E-state index in [1.165, 1.54) is 18.2 Å². The third-order valence-electron chi connectivity index (χ3n) is 6.19. The molecule has 2 heterocycles. The molecule has 1 fully saturated rings. The number of anilines is 3. The molecular formula is C27H19ClF5N5O3. The molecular weight excluding hydrogens is 573 g/mol. The average Bonchev–Trinajstić information content (AvgIpc) is 2.94. The minimum atomic E-state index is -4.76. The molecule has 2 amide bonds. The zero-order chi connectivity index (χ0) is 29.3. The normalized spacial score (nSPS) is 13.8. The highest BCUT2D eigenvalue weighted by molar-refractivity contribution is 6.31. The molecule has 1 saturated heterocycles. The fourth-order valence-corrected chi connectivity index (χ4v) is 4.41. The van der Waals surface area contributed by atoms with Gasteiger partial charge in [0.1, 0.15) is 5.82 Å². The SMILES string of the molecule is O=C(Nc1cc(F)c(F)c(C(=O)c2ccc3ncc(N4CCOCC4)nc3c2)c1)Nc1ccc(Cl)c(C(F)(F)F)c1. The number of ether oxygens (including phenoxy) is 1. The van der Waals surface area contributed by atoms with Crippen molar-refractivity contribution in [1.82, 2.24) is 9.97 Å². The van der Waals surface area contributed by atoms with Crippen LogP contribution in [-0.2, 0) is 10.9 Å². The van der Waals surface area contributed by atoms with Gasteiger partial charge in [0.25, 0.3) is 0 Å². The number of carbonyl (C=O) groups excluding carboxylic acids is 2. The van der Waals surface area contributed by atoms with Gasteiger partial charge in [-0.25, -0.2) is 18.6 Å². The first-order chi connectivity index (χ1) is 19.5. The summed E-state index contributed by atoms with van der Waals surface area (Å²) in [6.45, 7) is 2.27. The molecule has 212 valence electrons. The molecule has 1 aliphatic heterocycles. The average molecular weight is 592 g/mol. The van der Waals surface area contributed by atoms with Gasteiger partial charge < -0.3 is 20.3 Å². The summed E-state index contributed by atoms with van der Waals surface area (Å²) in [5.74, 6) is -3.18. The molecule has 0 aliphatic carbocycles. The number of aromatic nitrogens is 2. The topological polar surface area (TPSA) is 96.5 Å². The Hall–Kier alpha value is -4.36. The zero-order valence-corrected chi connectivity index (χ0v) is 21.6. The van der Waals surface area contributed by atoms with E-state index in [-0.39, 0.29) is 16.9 Å². The third kappa shape index (κ3) is 6.20. The van der Waals surface area contributed by atoms with Crippen LogP contribution in [0, 0.1) is 11.6 Å². The van der Waals surface area contributed by atoms with Crippen LogP contribution in [0.4, 0.5) is 43.9 Å². The summed E-state index contributed by atoms with van der Waals surface area (Å²) in [7, 11) is 0. The first-order valence-electron chi connectivity index (χ1n) is 12.1. The minimum absolute atomic E-state index is 0.00771. The molecule has 0 unspecified atom stereocenters. The summed E-state index contributed by atoms with van der Waals surface area (Å²) in [6.07, 6.45) is -3.17. The summed E-state index contributed by atoms with van der Waals surface area (Å²) in [5.41, 5.74) is -1.59. The number of nitrogens with zero attached hydrogens (tertiary/aromatic N) is 3. The van der Waals surface area contributed by atoms with Crippen molar-refractivity contribution in [3.05, 3.63) is 88.1 Å². The number of alkyl halides is 3. The van der Waals surface area contributed by atoms with Crippen LogP contribution < -0.4 is 15.5 Å². The number of morpholine rings is 1. The Morgan fingerprint density at radius 3 is 2.39 bits per heavy atom. The lowest BCUT2D eigenvalue weighted by molar-refractivity contribution is -0.137. The number of rotatable bonds is 5. The van der Waals surface area contributed by atoms with E-state index in [0.29, 0.717) is 55.3 Å². The van der Waals surface area contributed by atoms with Gasteiger partial charge in [-0.3, -0.25) is 9.78 Å². The summed E-state index contributed by atoms with van der Waals surface area (Å²) < 4.78 is 73.9. The van der Waals surface area contributed by atoms with Crippen LogP contribution in [0.25, 0.3) is 11.0 Å². The molecule has 8 nitrogen and oxygen atoms in total. The highest BCUT2D eigenvalue weighted by atomic mass is 35.5. The van der Waals surface area contributed by atoms with E-state index >= 15 is 0 Å². The van der Waals surface area contributed by atoms with Crippen LogP contribution in [0.15, 0.2) is 54.7 Å². The van der Waals surface area contributed by atoms with Gasteiger partial charge >= 0.3 is 12.2 Å². The lowest BCUT2D eigenvalue weighted by Crippen LogP contribution is -2.36. The molecule has 4 aromatic rings. The van der Waals surface area contributed by atoms with Crippen molar-refractivity contribution in [3.8, 4) is 0 Å². The van der Waals surface area contributed by atoms with Crippen LogP contribution in [0.5, 0.6) is 0 Å². The third-order valence-corrected chi connectivity index (χ3v) is 6.52. The minimum Gasteiger partial charge on any atom is -0.378 e. The Balaban J connectivity index is 1.38. The second-order valence-electron chi connectivity index (χ2n) is 8.95. The van der Waals surface area contributed by atoms with Crippen LogP contribution in [0.3, 0.4) is 0 Å². The van der Waals surface area contributed by atoms with Crippen LogP contribution in [0.1, 0.15) is 21.5 Å². The Labute approximate surface area is 234 Å². The summed E-state index contributed by atoms with van der Waals surface area (Å²) in [5, 5.41) is 3.78. The van der Waals surface area contributed by atoms with Crippen molar-refractivity contribution < 1.29 is 36.3 Å². The van der Waals surface area contributed by atoms with Crippen LogP contribution in [0.2, 0.25) is 5.02 Å². The van der Waals surface area contributed by atoms with Gasteiger partial charge in [0, 0.05) is 36.1 Å². The number of halogens is 6. The molecule has 0 atom stereocenters. The second-order valence-corrected chi connectivity index (χ2v) is 9.36. The number of amides is 2. The summed E-state index contributed by atoms with van der Waals surface area (Å²) >= 11 is 5.58. The fraction of sp³-hybridized carbons (Fsp3) is 0.185. The van der Waals surface area contributed by atoms with Gasteiger partial charge in [0.2, 0.25) is 0 Å². The quantitative estimate of drug-likeness (QED) is 0.209. The highest BCUT2D eigenvalue weighted by Crippen LogP contribution is 2.36. The molecule has 1 aromatic heterocycles. The standard InChI is InChI=1S/C27H19ClF5N5O3/c28-19-3-2-15(11-18(19)27(31,32)33)35-26(40)36-16-10-17(24(30)20(29)12-16)25(39)14-1-4-21-22(9-14)37-23(13-34-21)38-5-7-41-8-6-38/h1-4,9-13H,5-8H2,(H2,35,36,40). The molecule has 0 spiro atoms. The molecule has 3 aromatic carbocycles. The number of urea groups is 1. The number of benzene rings is 3. The number of hydrogen-bond acceptors (Lipinski definition) is 6. The van der Waals surface area contributed by atoms with Gasteiger partial charge in [-0.1, -0.05) is 11.6 Å². The number of carbonyl (C=O) groups is 2. The predicted octanol–water partition coefficient (Wildman–Crippen LogP) is 6.29. The molecule has 0 saturated carbocycles. The maximum atomic E-state index is 14.7. The lowest BCUT2D eigenvalue weighted by atomic mass is 10.0. The number of ketones is 1. The second kappa shape index (κ2) is 11.3. The number of hydrogen-bond donors (Lipinski definition) is 2. The maximum absolute atomic E-state index is 14.7. The largest absolute Gasteiger partial charge is 0.417 e. The van der Waals surface area contributed by atoms with Crippen molar-refractivity contribution in [2.24, 2.45) is 0 Å². The molecule has 2 N–H and O–H groups in total. The predicted molar refractivity (Wildman–Crippen MR) is 141 cm³/mol. The first-order valence-corrected chi connectivity index (χ1v) is 12.5. The van der Waals surface area contributed by atoms with Crippen molar-refractivity contribution >= 4 is 51.6 Å². The van der Waals surface area contributed by atoms with Crippen LogP contribution in [-0.4, -0.2) is 48.1 Å². The molecule has 0 bridgehead atoms. The number of fused-ring (bicyclic) bond motifs is 1. The lowest BCUT2D eigenvalue weighted by Gasteiger charge is -2.27. The molecule has 0 radical (unpaired) electrons. The van der Waals surface area contributed by atoms with Crippen molar-refractivity contribution in [3.63, 3.8) is 0 Å². The van der Waals surface area contributed by atoms with Gasteiger partial charge in [-0.2, -0.15) is 13.2 Å². The monoisotopic (exact) mass is 591 g/mol. The van der Waals surface area contributed by atoms with Gasteiger partial charge in [-0.05, 0) is 42.5 Å². The Morgan fingerprint density at radius 1 is 0.927 bits per heavy atom. The van der Waals surface area contributed by atoms with Gasteiger partial charge in [-0.15, -0.1) is 0 Å². The van der Waals surface area contributed by atoms with E-state index < -0.39 is 45.8 Å². The maximum Gasteiger partial charge on any atom is 0.417 e. The van der Waals surface area contributed by atoms with E-state index in [0.717, 1.165) is 18.2 Å². The summed E-state index contributed by atoms with van der Waals surface area (Å²) in [4.78, 5) is 36.5. The molecule has 14 heteroatoms.